The van der Waals surface area contributed by atoms with Crippen molar-refractivity contribution in [1.82, 2.24) is 15.1 Å². The van der Waals surface area contributed by atoms with Crippen LogP contribution < -0.4 is 25.4 Å². The van der Waals surface area contributed by atoms with E-state index < -0.39 is 0 Å². The van der Waals surface area contributed by atoms with Crippen molar-refractivity contribution < 1.29 is 38.0 Å². The van der Waals surface area contributed by atoms with Crippen LogP contribution in [0.5, 0.6) is 11.5 Å². The van der Waals surface area contributed by atoms with E-state index in [1.807, 2.05) is 71.6 Å². The number of carbonyl (C=O) groups is 2. The molecule has 4 heterocycles. The topological polar surface area (TPSA) is 144 Å². The van der Waals surface area contributed by atoms with Gasteiger partial charge in [0.2, 0.25) is 0 Å². The molecule has 5 aromatic rings. The predicted molar refractivity (Wildman–Crippen MR) is 254 cm³/mol. The van der Waals surface area contributed by atoms with Gasteiger partial charge in [-0.25, -0.2) is 9.59 Å². The first-order valence-electron chi connectivity index (χ1n) is 22.9. The van der Waals surface area contributed by atoms with Gasteiger partial charge in [-0.05, 0) is 77.8 Å². The van der Waals surface area contributed by atoms with E-state index in [9.17, 15) is 9.59 Å². The van der Waals surface area contributed by atoms with Crippen LogP contribution >= 0.6 is 0 Å². The molecule has 0 bridgehead atoms. The Kier molecular flexibility index (Phi) is 14.3. The number of rotatable bonds is 17. The first-order valence-corrected chi connectivity index (χ1v) is 22.9. The van der Waals surface area contributed by atoms with Gasteiger partial charge in [0, 0.05) is 45.0 Å². The molecule has 14 heteroatoms. The van der Waals surface area contributed by atoms with Crippen molar-refractivity contribution in [2.24, 2.45) is 4.99 Å². The van der Waals surface area contributed by atoms with E-state index in [4.69, 9.17) is 33.4 Å². The molecule has 0 aliphatic carbocycles. The molecule has 14 nitrogen and oxygen atoms in total. The number of nitrogens with one attached hydrogen (secondary N) is 3. The smallest absolute Gasteiger partial charge is 0.410 e. The van der Waals surface area contributed by atoms with Crippen LogP contribution in [0.3, 0.4) is 0 Å². The molecule has 0 radical (unpaired) electrons. The number of carbonyl (C=O) groups excluding carboxylic acids is 2. The van der Waals surface area contributed by atoms with E-state index in [1.54, 1.807) is 19.1 Å². The number of methoxy groups -OCH3 is 2. The van der Waals surface area contributed by atoms with Crippen LogP contribution in [0.15, 0.2) is 120 Å². The summed E-state index contributed by atoms with van der Waals surface area (Å²) < 4.78 is 35.3. The van der Waals surface area contributed by atoms with Gasteiger partial charge in [-0.3, -0.25) is 10.3 Å². The molecule has 0 spiro atoms. The number of amides is 2. The highest BCUT2D eigenvalue weighted by Gasteiger charge is 2.40. The second-order valence-electron chi connectivity index (χ2n) is 16.9. The number of anilines is 2. The van der Waals surface area contributed by atoms with Crippen LogP contribution in [-0.2, 0) is 32.2 Å². The normalized spacial score (nSPS) is 19.8. The number of fused-ring (bicyclic) bond motifs is 1. The average Bonchev–Trinajstić information content (AvgIpc) is 4.21. The summed E-state index contributed by atoms with van der Waals surface area (Å²) in [7, 11) is 3.30. The summed E-state index contributed by atoms with van der Waals surface area (Å²) in [5, 5.41) is 10.8. The van der Waals surface area contributed by atoms with E-state index in [1.165, 1.54) is 0 Å². The van der Waals surface area contributed by atoms with Gasteiger partial charge >= 0.3 is 12.2 Å². The summed E-state index contributed by atoms with van der Waals surface area (Å²) in [6.45, 7) is 3.64. The highest BCUT2D eigenvalue weighted by Crippen LogP contribution is 2.43. The molecule has 4 aliphatic rings. The van der Waals surface area contributed by atoms with E-state index in [-0.39, 0.29) is 49.8 Å². The molecule has 4 unspecified atom stereocenters. The molecule has 4 atom stereocenters. The fraction of sp³-hybridized carbons (Fsp3) is 0.365. The van der Waals surface area contributed by atoms with E-state index >= 15 is 0 Å². The fourth-order valence-corrected chi connectivity index (χ4v) is 9.30. The molecule has 66 heavy (non-hydrogen) atoms. The molecule has 2 amide bonds. The van der Waals surface area contributed by atoms with Crippen molar-refractivity contribution in [3.05, 3.63) is 132 Å². The largest absolute Gasteiger partial charge is 0.487 e. The lowest BCUT2D eigenvalue weighted by molar-refractivity contribution is 0.0868. The van der Waals surface area contributed by atoms with Crippen LogP contribution in [0.25, 0.3) is 22.3 Å². The summed E-state index contributed by atoms with van der Waals surface area (Å²) in [6, 6.07) is 38.2. The number of likely N-dealkylation sites (tertiary alicyclic amines) is 2. The van der Waals surface area contributed by atoms with Gasteiger partial charge in [-0.15, -0.1) is 0 Å². The van der Waals surface area contributed by atoms with Gasteiger partial charge < -0.3 is 48.9 Å². The van der Waals surface area contributed by atoms with Crippen molar-refractivity contribution in [3.8, 4) is 33.8 Å². The van der Waals surface area contributed by atoms with Crippen molar-refractivity contribution in [1.29, 1.82) is 0 Å². The van der Waals surface area contributed by atoms with E-state index in [0.29, 0.717) is 57.6 Å². The Labute approximate surface area is 386 Å². The quantitative estimate of drug-likeness (QED) is 0.0773. The Hall–Kier alpha value is -6.61. The van der Waals surface area contributed by atoms with Crippen molar-refractivity contribution in [3.63, 3.8) is 0 Å². The Balaban J connectivity index is 0.917. The summed E-state index contributed by atoms with van der Waals surface area (Å²) in [6.07, 6.45) is 2.44. The molecule has 2 fully saturated rings. The summed E-state index contributed by atoms with van der Waals surface area (Å²) in [5.74, 6) is 1.17. The van der Waals surface area contributed by atoms with Crippen LogP contribution in [0.4, 0.5) is 21.0 Å². The van der Waals surface area contributed by atoms with Gasteiger partial charge in [0.05, 0.1) is 42.4 Å². The van der Waals surface area contributed by atoms with Crippen molar-refractivity contribution in [2.75, 3.05) is 70.9 Å². The number of benzene rings is 5. The lowest BCUT2D eigenvalue weighted by atomic mass is 9.96. The summed E-state index contributed by atoms with van der Waals surface area (Å²) in [5.41, 5.74) is 9.46. The Bertz CT molecular complexity index is 2470. The van der Waals surface area contributed by atoms with Gasteiger partial charge in [0.15, 0.2) is 11.5 Å². The number of hydrogen-bond acceptors (Lipinski definition) is 12. The zero-order chi connectivity index (χ0) is 45.2. The Morgan fingerprint density at radius 2 is 1.15 bits per heavy atom. The van der Waals surface area contributed by atoms with Crippen LogP contribution in [-0.4, -0.2) is 112 Å². The highest BCUT2D eigenvalue weighted by molar-refractivity contribution is 6.07. The molecule has 5 aromatic carbocycles. The molecule has 2 saturated heterocycles. The maximum atomic E-state index is 13.3. The molecule has 9 rings (SSSR count). The van der Waals surface area contributed by atoms with Crippen LogP contribution in [0.1, 0.15) is 42.4 Å². The maximum Gasteiger partial charge on any atom is 0.410 e. The standard InChI is InChI=1S/C52H58N6O8/c1-61-27-29-63-47-40(22-23-41(48(47)64-30-28-62-2)44-32-53-49(56-44)45-15-9-25-57(45)51(59)65-33-35-11-5-3-6-12-35)38-19-17-37(18-20-38)39-21-24-42-43(31-39)55-50(54-42)46-16-10-26-58(46)52(60)66-34-36-13-7-4-8-14-36/h3-8,11-14,17-24,31,45-46,49-50,53-55H,9-10,15-16,25-30,32-34H2,1-2H3. The minimum atomic E-state index is -0.329. The lowest BCUT2D eigenvalue weighted by Gasteiger charge is -2.29. The van der Waals surface area contributed by atoms with Gasteiger partial charge in [-0.1, -0.05) is 91.0 Å². The number of aliphatic imine (C=N–C) groups is 1. The van der Waals surface area contributed by atoms with E-state index in [0.717, 1.165) is 81.7 Å². The minimum absolute atomic E-state index is 0.0457. The monoisotopic (exact) mass is 894 g/mol. The lowest BCUT2D eigenvalue weighted by Crippen LogP contribution is -2.47. The van der Waals surface area contributed by atoms with Crippen molar-refractivity contribution in [2.45, 2.75) is 63.3 Å². The highest BCUT2D eigenvalue weighted by atomic mass is 16.6. The zero-order valence-electron chi connectivity index (χ0n) is 37.6. The van der Waals surface area contributed by atoms with Crippen LogP contribution in [0, 0.1) is 0 Å². The first-order chi connectivity index (χ1) is 32.5. The summed E-state index contributed by atoms with van der Waals surface area (Å²) in [4.78, 5) is 35.3. The Morgan fingerprint density at radius 1 is 0.606 bits per heavy atom. The molecular weight excluding hydrogens is 837 g/mol. The molecule has 0 saturated carbocycles. The van der Waals surface area contributed by atoms with Gasteiger partial charge in [0.25, 0.3) is 0 Å². The SMILES string of the molecule is COCCOc1c(C2=NC(C3CCCN3C(=O)OCc3ccccc3)NC2)ccc(-c2ccc(-c3ccc4c(c3)NC(C3CCCN3C(=O)OCc3ccccc3)N4)cc2)c1OCCOC. The van der Waals surface area contributed by atoms with Gasteiger partial charge in [0.1, 0.15) is 38.8 Å². The third kappa shape index (κ3) is 10.1. The minimum Gasteiger partial charge on any atom is -0.487 e. The third-order valence-corrected chi connectivity index (χ3v) is 12.7. The first kappa shape index (κ1) is 44.6. The van der Waals surface area contributed by atoms with Crippen LogP contribution in [0.2, 0.25) is 0 Å². The molecule has 4 aliphatic heterocycles. The predicted octanol–water partition coefficient (Wildman–Crippen LogP) is 8.56. The molecule has 344 valence electrons. The third-order valence-electron chi connectivity index (χ3n) is 12.7. The van der Waals surface area contributed by atoms with Gasteiger partial charge in [-0.2, -0.15) is 0 Å². The maximum absolute atomic E-state index is 13.3. The fourth-order valence-electron chi connectivity index (χ4n) is 9.30. The molecule has 0 aromatic heterocycles. The van der Waals surface area contributed by atoms with E-state index in [2.05, 4.69) is 64.5 Å². The second kappa shape index (κ2) is 21.1. The summed E-state index contributed by atoms with van der Waals surface area (Å²) >= 11 is 0. The molecule has 3 N–H and O–H groups in total. The van der Waals surface area contributed by atoms with Crippen molar-refractivity contribution >= 4 is 29.3 Å². The second-order valence-corrected chi connectivity index (χ2v) is 16.9. The number of hydrogen-bond donors (Lipinski definition) is 3. The Morgan fingerprint density at radius 3 is 1.79 bits per heavy atom. The average molecular weight is 895 g/mol. The number of ether oxygens (including phenoxy) is 6. The number of nitrogens with zero attached hydrogens (tertiary/aromatic N) is 3. The molecular formula is C52H58N6O8. The zero-order valence-corrected chi connectivity index (χ0v) is 37.6.